The lowest BCUT2D eigenvalue weighted by Gasteiger charge is -2.11. The second kappa shape index (κ2) is 8.29. The Kier molecular flexibility index (Phi) is 6.11. The highest BCUT2D eigenvalue weighted by Crippen LogP contribution is 2.23. The lowest BCUT2D eigenvalue weighted by atomic mass is 10.0. The number of anilines is 2. The molecule has 0 radical (unpaired) electrons. The molecule has 26 heavy (non-hydrogen) atoms. The van der Waals surface area contributed by atoms with E-state index in [-0.39, 0.29) is 17.4 Å². The third-order valence-corrected chi connectivity index (χ3v) is 3.54. The number of benzene rings is 2. The Balaban J connectivity index is 2.30. The topological polar surface area (TPSA) is 84.5 Å². The molecule has 6 nitrogen and oxygen atoms in total. The zero-order valence-corrected chi connectivity index (χ0v) is 15.3. The number of ether oxygens (including phenoxy) is 1. The van der Waals surface area contributed by atoms with Crippen molar-refractivity contribution in [1.82, 2.24) is 0 Å². The smallest absolute Gasteiger partial charge is 0.343 e. The highest BCUT2D eigenvalue weighted by molar-refractivity contribution is 5.98. The van der Waals surface area contributed by atoms with Gasteiger partial charge in [-0.15, -0.1) is 0 Å². The summed E-state index contributed by atoms with van der Waals surface area (Å²) >= 11 is 0. The molecular weight excluding hydrogens is 332 g/mol. The molecular formula is C20H22N2O4. The van der Waals surface area contributed by atoms with Gasteiger partial charge >= 0.3 is 5.97 Å². The summed E-state index contributed by atoms with van der Waals surface area (Å²) in [5.74, 6) is -0.400. The molecule has 0 spiro atoms. The quantitative estimate of drug-likeness (QED) is 0.629. The summed E-state index contributed by atoms with van der Waals surface area (Å²) in [7, 11) is 0. The summed E-state index contributed by atoms with van der Waals surface area (Å²) < 4.78 is 5.45. The molecule has 0 aliphatic carbocycles. The second-order valence-electron chi connectivity index (χ2n) is 6.28. The van der Waals surface area contributed by atoms with Gasteiger partial charge in [-0.1, -0.05) is 26.0 Å². The summed E-state index contributed by atoms with van der Waals surface area (Å²) in [6, 6.07) is 11.9. The molecule has 0 aromatic heterocycles. The van der Waals surface area contributed by atoms with E-state index < -0.39 is 5.97 Å². The fraction of sp³-hybridized carbons (Fsp3) is 0.250. The van der Waals surface area contributed by atoms with Gasteiger partial charge in [0, 0.05) is 25.2 Å². The zero-order valence-electron chi connectivity index (χ0n) is 15.3. The molecule has 6 heteroatoms. The first-order valence-corrected chi connectivity index (χ1v) is 8.27. The van der Waals surface area contributed by atoms with Gasteiger partial charge < -0.3 is 15.4 Å². The van der Waals surface area contributed by atoms with Crippen LogP contribution in [0.4, 0.5) is 11.4 Å². The Morgan fingerprint density at radius 1 is 0.885 bits per heavy atom. The maximum atomic E-state index is 12.5. The van der Waals surface area contributed by atoms with E-state index in [9.17, 15) is 14.4 Å². The Hall–Kier alpha value is -3.15. The first kappa shape index (κ1) is 19.2. The third kappa shape index (κ3) is 5.44. The zero-order chi connectivity index (χ0) is 19.3. The maximum Gasteiger partial charge on any atom is 0.343 e. The summed E-state index contributed by atoms with van der Waals surface area (Å²) in [4.78, 5) is 35.1. The number of rotatable bonds is 5. The summed E-state index contributed by atoms with van der Waals surface area (Å²) in [5, 5.41) is 5.21. The number of carbonyl (C=O) groups is 3. The highest BCUT2D eigenvalue weighted by Gasteiger charge is 2.13. The predicted octanol–water partition coefficient (Wildman–Crippen LogP) is 3.95. The van der Waals surface area contributed by atoms with Crippen LogP contribution in [0.15, 0.2) is 42.5 Å². The molecule has 2 amide bonds. The van der Waals surface area contributed by atoms with Crippen LogP contribution in [0.25, 0.3) is 0 Å². The highest BCUT2D eigenvalue weighted by atomic mass is 16.5. The van der Waals surface area contributed by atoms with Crippen LogP contribution in [0.5, 0.6) is 5.75 Å². The van der Waals surface area contributed by atoms with E-state index in [1.165, 1.54) is 26.0 Å². The van der Waals surface area contributed by atoms with Gasteiger partial charge in [0.1, 0.15) is 5.75 Å². The predicted molar refractivity (Wildman–Crippen MR) is 101 cm³/mol. The van der Waals surface area contributed by atoms with Gasteiger partial charge in [-0.05, 0) is 41.8 Å². The molecule has 136 valence electrons. The Morgan fingerprint density at radius 2 is 1.46 bits per heavy atom. The van der Waals surface area contributed by atoms with Gasteiger partial charge in [0.05, 0.1) is 5.56 Å². The fourth-order valence-corrected chi connectivity index (χ4v) is 2.40. The van der Waals surface area contributed by atoms with Crippen molar-refractivity contribution in [2.24, 2.45) is 0 Å². The van der Waals surface area contributed by atoms with E-state index in [1.807, 2.05) is 18.2 Å². The van der Waals surface area contributed by atoms with E-state index in [0.717, 1.165) is 5.56 Å². The van der Waals surface area contributed by atoms with Gasteiger partial charge in [0.2, 0.25) is 11.8 Å². The molecule has 0 heterocycles. The monoisotopic (exact) mass is 354 g/mol. The van der Waals surface area contributed by atoms with E-state index >= 15 is 0 Å². The third-order valence-electron chi connectivity index (χ3n) is 3.54. The van der Waals surface area contributed by atoms with Crippen molar-refractivity contribution >= 4 is 29.2 Å². The minimum absolute atomic E-state index is 0.218. The molecule has 0 saturated carbocycles. The Bertz CT molecular complexity index is 809. The number of hydrogen-bond donors (Lipinski definition) is 2. The number of amides is 2. The number of nitrogens with one attached hydrogen (secondary N) is 2. The number of carbonyl (C=O) groups excluding carboxylic acids is 3. The lowest BCUT2D eigenvalue weighted by Crippen LogP contribution is -2.13. The van der Waals surface area contributed by atoms with Crippen LogP contribution in [-0.4, -0.2) is 17.8 Å². The van der Waals surface area contributed by atoms with Crippen LogP contribution < -0.4 is 15.4 Å². The average Bonchev–Trinajstić information content (AvgIpc) is 2.53. The van der Waals surface area contributed by atoms with Gasteiger partial charge in [-0.25, -0.2) is 4.79 Å². The van der Waals surface area contributed by atoms with E-state index in [0.29, 0.717) is 23.0 Å². The molecule has 2 rings (SSSR count). The van der Waals surface area contributed by atoms with Crippen LogP contribution in [0.2, 0.25) is 0 Å². The van der Waals surface area contributed by atoms with Gasteiger partial charge in [0.15, 0.2) is 0 Å². The van der Waals surface area contributed by atoms with Gasteiger partial charge in [0.25, 0.3) is 0 Å². The molecule has 2 aromatic rings. The molecule has 0 unspecified atom stereocenters. The number of hydrogen-bond acceptors (Lipinski definition) is 4. The van der Waals surface area contributed by atoms with Crippen LogP contribution in [-0.2, 0) is 9.59 Å². The first-order valence-electron chi connectivity index (χ1n) is 8.27. The van der Waals surface area contributed by atoms with Crippen LogP contribution >= 0.6 is 0 Å². The minimum Gasteiger partial charge on any atom is -0.423 e. The van der Waals surface area contributed by atoms with Crippen molar-refractivity contribution in [3.8, 4) is 5.75 Å². The molecule has 0 aliphatic heterocycles. The molecule has 0 atom stereocenters. The SMILES string of the molecule is CC(=O)Nc1cc(NC(C)=O)cc(C(=O)Oc2cccc(C(C)C)c2)c1. The van der Waals surface area contributed by atoms with Crippen molar-refractivity contribution in [3.63, 3.8) is 0 Å². The molecule has 2 aromatic carbocycles. The second-order valence-corrected chi connectivity index (χ2v) is 6.28. The molecule has 0 bridgehead atoms. The lowest BCUT2D eigenvalue weighted by molar-refractivity contribution is -0.115. The standard InChI is InChI=1S/C20H22N2O4/c1-12(2)15-6-5-7-19(10-15)26-20(25)16-8-17(21-13(3)23)11-18(9-16)22-14(4)24/h5-12H,1-4H3,(H,21,23)(H,22,24). The summed E-state index contributed by atoms with van der Waals surface area (Å²) in [5.41, 5.74) is 2.06. The summed E-state index contributed by atoms with van der Waals surface area (Å²) in [6.45, 7) is 6.83. The fourth-order valence-electron chi connectivity index (χ4n) is 2.40. The van der Waals surface area contributed by atoms with Crippen LogP contribution in [0.3, 0.4) is 0 Å². The summed E-state index contributed by atoms with van der Waals surface area (Å²) in [6.07, 6.45) is 0. The van der Waals surface area contributed by atoms with Crippen molar-refractivity contribution in [2.75, 3.05) is 10.6 Å². The van der Waals surface area contributed by atoms with E-state index in [2.05, 4.69) is 24.5 Å². The van der Waals surface area contributed by atoms with Crippen molar-refractivity contribution in [1.29, 1.82) is 0 Å². The van der Waals surface area contributed by atoms with Crippen molar-refractivity contribution < 1.29 is 19.1 Å². The van der Waals surface area contributed by atoms with Crippen molar-refractivity contribution in [3.05, 3.63) is 53.6 Å². The normalized spacial score (nSPS) is 10.3. The Labute approximate surface area is 152 Å². The number of esters is 1. The van der Waals surface area contributed by atoms with E-state index in [1.54, 1.807) is 12.1 Å². The largest absolute Gasteiger partial charge is 0.423 e. The van der Waals surface area contributed by atoms with Gasteiger partial charge in [-0.3, -0.25) is 9.59 Å². The molecule has 0 fully saturated rings. The first-order chi connectivity index (χ1) is 12.2. The molecule has 0 saturated heterocycles. The maximum absolute atomic E-state index is 12.5. The van der Waals surface area contributed by atoms with Crippen molar-refractivity contribution in [2.45, 2.75) is 33.6 Å². The van der Waals surface area contributed by atoms with E-state index in [4.69, 9.17) is 4.74 Å². The molecule has 2 N–H and O–H groups in total. The Morgan fingerprint density at radius 3 is 1.96 bits per heavy atom. The van der Waals surface area contributed by atoms with Gasteiger partial charge in [-0.2, -0.15) is 0 Å². The minimum atomic E-state index is -0.579. The average molecular weight is 354 g/mol. The van der Waals surface area contributed by atoms with Crippen LogP contribution in [0, 0.1) is 0 Å². The molecule has 0 aliphatic rings. The van der Waals surface area contributed by atoms with Crippen LogP contribution in [0.1, 0.15) is 49.5 Å².